The number of rotatable bonds is 4. The zero-order chi connectivity index (χ0) is 7.28. The van der Waals surface area contributed by atoms with Crippen LogP contribution in [0, 0.1) is 0 Å². The Morgan fingerprint density at radius 1 is 1.70 bits per heavy atom. The van der Waals surface area contributed by atoms with Crippen molar-refractivity contribution in [3.63, 3.8) is 0 Å². The van der Waals surface area contributed by atoms with Gasteiger partial charge in [-0.3, -0.25) is 0 Å². The molecule has 0 aliphatic heterocycles. The SMILES string of the molecule is CCCCC(Br)C(=O)[O-].[Na+]. The number of carboxylic acid groups (broad SMARTS) is 1. The Bertz CT molecular complexity index is 97.7. The Kier molecular flexibility index (Phi) is 10.9. The van der Waals surface area contributed by atoms with Crippen LogP contribution in [0.25, 0.3) is 0 Å². The molecule has 0 N–H and O–H groups in total. The zero-order valence-electron chi connectivity index (χ0n) is 6.39. The molecule has 0 fully saturated rings. The van der Waals surface area contributed by atoms with E-state index in [1.807, 2.05) is 6.92 Å². The van der Waals surface area contributed by atoms with E-state index < -0.39 is 10.8 Å². The third kappa shape index (κ3) is 7.06. The minimum absolute atomic E-state index is 0. The van der Waals surface area contributed by atoms with Gasteiger partial charge in [-0.1, -0.05) is 35.7 Å². The predicted molar refractivity (Wildman–Crippen MR) is 37.2 cm³/mol. The molecule has 0 radical (unpaired) electrons. The van der Waals surface area contributed by atoms with Crippen LogP contribution >= 0.6 is 15.9 Å². The van der Waals surface area contributed by atoms with Crippen LogP contribution in [0.4, 0.5) is 0 Å². The molecule has 0 saturated heterocycles. The van der Waals surface area contributed by atoms with Gasteiger partial charge in [0.25, 0.3) is 0 Å². The van der Waals surface area contributed by atoms with Crippen molar-refractivity contribution in [3.8, 4) is 0 Å². The standard InChI is InChI=1S/C6H11BrO2.Na/c1-2-3-4-5(7)6(8)9;/h5H,2-4H2,1H3,(H,8,9);/q;+1/p-1. The summed E-state index contributed by atoms with van der Waals surface area (Å²) in [5.74, 6) is -1.01. The number of halogens is 1. The van der Waals surface area contributed by atoms with Crippen molar-refractivity contribution in [3.05, 3.63) is 0 Å². The van der Waals surface area contributed by atoms with Crippen molar-refractivity contribution in [2.24, 2.45) is 0 Å². The van der Waals surface area contributed by atoms with Crippen LogP contribution in [-0.2, 0) is 4.79 Å². The number of alkyl halides is 1. The summed E-state index contributed by atoms with van der Waals surface area (Å²) in [4.78, 5) is 9.59. The second-order valence-corrected chi connectivity index (χ2v) is 3.03. The molecule has 0 spiro atoms. The predicted octanol–water partition coefficient (Wildman–Crippen LogP) is -2.31. The molecule has 0 aromatic heterocycles. The summed E-state index contributed by atoms with van der Waals surface area (Å²) in [6.45, 7) is 2.02. The zero-order valence-corrected chi connectivity index (χ0v) is 9.98. The molecule has 0 saturated carbocycles. The van der Waals surface area contributed by atoms with Gasteiger partial charge in [-0.15, -0.1) is 0 Å². The van der Waals surface area contributed by atoms with Gasteiger partial charge in [-0.25, -0.2) is 0 Å². The fraction of sp³-hybridized carbons (Fsp3) is 0.833. The van der Waals surface area contributed by atoms with Crippen molar-refractivity contribution < 1.29 is 39.5 Å². The fourth-order valence-corrected chi connectivity index (χ4v) is 0.825. The summed E-state index contributed by atoms with van der Waals surface area (Å²) in [6.07, 6.45) is 2.62. The maximum absolute atomic E-state index is 10.0. The largest absolute Gasteiger partial charge is 1.00 e. The van der Waals surface area contributed by atoms with E-state index >= 15 is 0 Å². The van der Waals surface area contributed by atoms with Crippen LogP contribution in [0.3, 0.4) is 0 Å². The van der Waals surface area contributed by atoms with E-state index in [4.69, 9.17) is 0 Å². The summed E-state index contributed by atoms with van der Waals surface area (Å²) >= 11 is 2.98. The van der Waals surface area contributed by atoms with Gasteiger partial charge in [-0.05, 0) is 6.42 Å². The molecule has 0 heterocycles. The van der Waals surface area contributed by atoms with E-state index in [0.717, 1.165) is 12.8 Å². The Labute approximate surface area is 91.8 Å². The first-order chi connectivity index (χ1) is 4.18. The third-order valence-electron chi connectivity index (χ3n) is 1.07. The van der Waals surface area contributed by atoms with Crippen molar-refractivity contribution in [1.82, 2.24) is 0 Å². The van der Waals surface area contributed by atoms with Gasteiger partial charge in [0, 0.05) is 0 Å². The number of carboxylic acids is 1. The van der Waals surface area contributed by atoms with E-state index in [1.54, 1.807) is 0 Å². The molecule has 54 valence electrons. The van der Waals surface area contributed by atoms with E-state index in [9.17, 15) is 9.90 Å². The molecule has 2 nitrogen and oxygen atoms in total. The molecular formula is C6H10BrNaO2. The summed E-state index contributed by atoms with van der Waals surface area (Å²) in [5.41, 5.74) is 0. The average molecular weight is 217 g/mol. The minimum Gasteiger partial charge on any atom is -0.549 e. The molecule has 1 atom stereocenters. The van der Waals surface area contributed by atoms with Gasteiger partial charge < -0.3 is 9.90 Å². The Morgan fingerprint density at radius 2 is 2.20 bits per heavy atom. The first-order valence-electron chi connectivity index (χ1n) is 3.03. The van der Waals surface area contributed by atoms with Gasteiger partial charge in [0.15, 0.2) is 0 Å². The maximum atomic E-state index is 10.0. The van der Waals surface area contributed by atoms with Crippen LogP contribution in [0.2, 0.25) is 0 Å². The molecule has 10 heavy (non-hydrogen) atoms. The van der Waals surface area contributed by atoms with Gasteiger partial charge in [-0.2, -0.15) is 0 Å². The number of unbranched alkanes of at least 4 members (excludes halogenated alkanes) is 1. The second-order valence-electron chi connectivity index (χ2n) is 1.93. The number of hydrogen-bond acceptors (Lipinski definition) is 2. The van der Waals surface area contributed by atoms with Crippen molar-refractivity contribution in [2.45, 2.75) is 31.0 Å². The monoisotopic (exact) mass is 216 g/mol. The molecule has 0 amide bonds. The van der Waals surface area contributed by atoms with Crippen molar-refractivity contribution >= 4 is 21.9 Å². The molecule has 0 aromatic rings. The first kappa shape index (κ1) is 13.5. The number of hydrogen-bond donors (Lipinski definition) is 0. The van der Waals surface area contributed by atoms with Gasteiger partial charge in [0.2, 0.25) is 0 Å². The van der Waals surface area contributed by atoms with Gasteiger partial charge >= 0.3 is 29.6 Å². The Hall–Kier alpha value is 0.950. The number of aliphatic carboxylic acids is 1. The van der Waals surface area contributed by atoms with Gasteiger partial charge in [0.1, 0.15) is 0 Å². The summed E-state index contributed by atoms with van der Waals surface area (Å²) in [7, 11) is 0. The number of carbonyl (C=O) groups is 1. The Balaban J connectivity index is 0. The van der Waals surface area contributed by atoms with Gasteiger partial charge in [0.05, 0.1) is 10.8 Å². The summed E-state index contributed by atoms with van der Waals surface area (Å²) < 4.78 is 0. The topological polar surface area (TPSA) is 40.1 Å². The van der Waals surface area contributed by atoms with Crippen LogP contribution in [0.1, 0.15) is 26.2 Å². The summed E-state index contributed by atoms with van der Waals surface area (Å²) in [5, 5.41) is 10.0. The van der Waals surface area contributed by atoms with Crippen molar-refractivity contribution in [1.29, 1.82) is 0 Å². The molecule has 0 aliphatic carbocycles. The number of carbonyl (C=O) groups excluding carboxylic acids is 1. The normalized spacial score (nSPS) is 11.8. The average Bonchev–Trinajstić information content (AvgIpc) is 1.82. The molecule has 0 bridgehead atoms. The third-order valence-corrected chi connectivity index (χ3v) is 1.90. The van der Waals surface area contributed by atoms with Crippen molar-refractivity contribution in [2.75, 3.05) is 0 Å². The second kappa shape index (κ2) is 8.05. The van der Waals surface area contributed by atoms with Crippen LogP contribution in [0.15, 0.2) is 0 Å². The molecule has 4 heteroatoms. The first-order valence-corrected chi connectivity index (χ1v) is 3.95. The van der Waals surface area contributed by atoms with Crippen LogP contribution < -0.4 is 34.7 Å². The van der Waals surface area contributed by atoms with E-state index in [-0.39, 0.29) is 29.6 Å². The quantitative estimate of drug-likeness (QED) is 0.392. The molecule has 0 rings (SSSR count). The molecule has 0 aromatic carbocycles. The minimum atomic E-state index is -1.01. The smallest absolute Gasteiger partial charge is 0.549 e. The van der Waals surface area contributed by atoms with Crippen LogP contribution in [-0.4, -0.2) is 10.8 Å². The molecule has 1 unspecified atom stereocenters. The molecule has 0 aliphatic rings. The fourth-order valence-electron chi connectivity index (χ4n) is 0.501. The molecular weight excluding hydrogens is 207 g/mol. The van der Waals surface area contributed by atoms with Crippen LogP contribution in [0.5, 0.6) is 0 Å². The van der Waals surface area contributed by atoms with E-state index in [1.165, 1.54) is 0 Å². The summed E-state index contributed by atoms with van der Waals surface area (Å²) in [6, 6.07) is 0. The van der Waals surface area contributed by atoms with E-state index in [2.05, 4.69) is 15.9 Å². The maximum Gasteiger partial charge on any atom is 1.00 e. The van der Waals surface area contributed by atoms with E-state index in [0.29, 0.717) is 6.42 Å². The Morgan fingerprint density at radius 3 is 2.50 bits per heavy atom.